The van der Waals surface area contributed by atoms with Crippen LogP contribution in [0, 0.1) is 0 Å². The van der Waals surface area contributed by atoms with E-state index < -0.39 is 11.7 Å². The van der Waals surface area contributed by atoms with E-state index in [1.807, 2.05) is 30.3 Å². The number of carbonyl (C=O) groups is 2. The monoisotopic (exact) mass is 492 g/mol. The van der Waals surface area contributed by atoms with Crippen LogP contribution in [0.25, 0.3) is 10.9 Å². The Morgan fingerprint density at radius 1 is 0.917 bits per heavy atom. The van der Waals surface area contributed by atoms with E-state index in [1.165, 1.54) is 0 Å². The lowest BCUT2D eigenvalue weighted by Crippen LogP contribution is -2.36. The molecule has 2 amide bonds. The highest BCUT2D eigenvalue weighted by molar-refractivity contribution is 6.05. The standard InChI is InChI=1S/C21H21N3O3.C8H19N/c1-21(2,3)27-20(26)24-16-10-8-14(9-11-16)19(25)23-17-12-15-6-4-5-7-18(15)22-13-17;1-6-9(7(2)3)8(4)5/h4-13H,1-3H3,(H,23,25)(H,24,26);7-8H,6H2,1-5H3. The molecule has 1 aromatic heterocycles. The molecule has 0 aliphatic carbocycles. The first-order valence-electron chi connectivity index (χ1n) is 12.4. The number of rotatable bonds is 6. The molecule has 0 spiro atoms. The van der Waals surface area contributed by atoms with Gasteiger partial charge in [0, 0.05) is 28.7 Å². The van der Waals surface area contributed by atoms with Gasteiger partial charge < -0.3 is 10.1 Å². The zero-order chi connectivity index (χ0) is 26.9. The summed E-state index contributed by atoms with van der Waals surface area (Å²) in [7, 11) is 0. The third kappa shape index (κ3) is 9.30. The molecule has 0 saturated heterocycles. The van der Waals surface area contributed by atoms with Gasteiger partial charge in [-0.05, 0) is 91.4 Å². The van der Waals surface area contributed by atoms with E-state index in [1.54, 1.807) is 51.2 Å². The average Bonchev–Trinajstić information content (AvgIpc) is 2.78. The zero-order valence-corrected chi connectivity index (χ0v) is 22.8. The number of ether oxygens (including phenoxy) is 1. The van der Waals surface area contributed by atoms with Crippen LogP contribution in [0.2, 0.25) is 0 Å². The minimum atomic E-state index is -0.572. The Morgan fingerprint density at radius 3 is 2.06 bits per heavy atom. The summed E-state index contributed by atoms with van der Waals surface area (Å²) in [4.78, 5) is 31.0. The third-order valence-corrected chi connectivity index (χ3v) is 5.33. The first-order valence-corrected chi connectivity index (χ1v) is 12.4. The number of anilines is 2. The molecule has 3 rings (SSSR count). The summed E-state index contributed by atoms with van der Waals surface area (Å²) in [6.45, 7) is 17.7. The summed E-state index contributed by atoms with van der Waals surface area (Å²) < 4.78 is 5.20. The van der Waals surface area contributed by atoms with Gasteiger partial charge in [0.25, 0.3) is 5.91 Å². The molecule has 0 unspecified atom stereocenters. The molecule has 0 aliphatic heterocycles. The molecule has 3 aromatic rings. The molecule has 7 heteroatoms. The van der Waals surface area contributed by atoms with Gasteiger partial charge in [-0.25, -0.2) is 4.79 Å². The molecule has 0 atom stereocenters. The number of pyridine rings is 1. The maximum atomic E-state index is 12.4. The second kappa shape index (κ2) is 13.0. The normalized spacial score (nSPS) is 11.3. The molecule has 1 heterocycles. The number of fused-ring (bicyclic) bond motifs is 1. The van der Waals surface area contributed by atoms with Gasteiger partial charge in [-0.3, -0.25) is 20.0 Å². The summed E-state index contributed by atoms with van der Waals surface area (Å²) >= 11 is 0. The fourth-order valence-electron chi connectivity index (χ4n) is 3.80. The van der Waals surface area contributed by atoms with Gasteiger partial charge >= 0.3 is 6.09 Å². The van der Waals surface area contributed by atoms with Gasteiger partial charge in [0.15, 0.2) is 0 Å². The summed E-state index contributed by atoms with van der Waals surface area (Å²) in [6, 6.07) is 17.5. The maximum Gasteiger partial charge on any atom is 0.412 e. The lowest BCUT2D eigenvalue weighted by atomic mass is 10.1. The van der Waals surface area contributed by atoms with E-state index in [4.69, 9.17) is 4.74 Å². The number of benzene rings is 2. The Balaban J connectivity index is 0.000000434. The van der Waals surface area contributed by atoms with Crippen LogP contribution in [-0.4, -0.2) is 46.1 Å². The lowest BCUT2D eigenvalue weighted by molar-refractivity contribution is 0.0635. The molecular formula is C29H40N4O3. The van der Waals surface area contributed by atoms with E-state index in [0.29, 0.717) is 29.0 Å². The number of hydrogen-bond acceptors (Lipinski definition) is 5. The largest absolute Gasteiger partial charge is 0.444 e. The van der Waals surface area contributed by atoms with Crippen molar-refractivity contribution >= 4 is 34.3 Å². The van der Waals surface area contributed by atoms with Crippen molar-refractivity contribution in [1.29, 1.82) is 0 Å². The van der Waals surface area contributed by atoms with Gasteiger partial charge in [-0.1, -0.05) is 25.1 Å². The van der Waals surface area contributed by atoms with Crippen LogP contribution in [0.1, 0.15) is 65.7 Å². The smallest absolute Gasteiger partial charge is 0.412 e. The quantitative estimate of drug-likeness (QED) is 0.389. The van der Waals surface area contributed by atoms with Crippen molar-refractivity contribution in [3.63, 3.8) is 0 Å². The highest BCUT2D eigenvalue weighted by Crippen LogP contribution is 2.18. The number of para-hydroxylation sites is 1. The Morgan fingerprint density at radius 2 is 1.53 bits per heavy atom. The molecule has 194 valence electrons. The van der Waals surface area contributed by atoms with Crippen molar-refractivity contribution in [3.8, 4) is 0 Å². The van der Waals surface area contributed by atoms with Gasteiger partial charge in [0.2, 0.25) is 0 Å². The topological polar surface area (TPSA) is 83.6 Å². The fourth-order valence-corrected chi connectivity index (χ4v) is 3.80. The molecule has 2 N–H and O–H groups in total. The van der Waals surface area contributed by atoms with Crippen LogP contribution in [0.4, 0.5) is 16.2 Å². The van der Waals surface area contributed by atoms with Crippen LogP contribution >= 0.6 is 0 Å². The second-order valence-electron chi connectivity index (χ2n) is 10.1. The second-order valence-corrected chi connectivity index (χ2v) is 10.1. The van der Waals surface area contributed by atoms with Gasteiger partial charge in [0.05, 0.1) is 17.4 Å². The first-order chi connectivity index (χ1) is 16.9. The van der Waals surface area contributed by atoms with Crippen LogP contribution in [0.15, 0.2) is 60.8 Å². The Bertz CT molecular complexity index is 1130. The molecule has 0 saturated carbocycles. The van der Waals surface area contributed by atoms with Gasteiger partial charge in [-0.15, -0.1) is 0 Å². The molecule has 0 bridgehead atoms. The maximum absolute atomic E-state index is 12.4. The van der Waals surface area contributed by atoms with Crippen LogP contribution in [0.5, 0.6) is 0 Å². The van der Waals surface area contributed by atoms with Crippen molar-refractivity contribution in [2.75, 3.05) is 17.2 Å². The van der Waals surface area contributed by atoms with Gasteiger partial charge in [-0.2, -0.15) is 0 Å². The van der Waals surface area contributed by atoms with Crippen molar-refractivity contribution in [2.24, 2.45) is 0 Å². The molecule has 2 aromatic carbocycles. The van der Waals surface area contributed by atoms with Crippen molar-refractivity contribution < 1.29 is 14.3 Å². The molecule has 0 fully saturated rings. The SMILES string of the molecule is CC(C)(C)OC(=O)Nc1ccc(C(=O)Nc2cnc3ccccc3c2)cc1.CCN(C(C)C)C(C)C. The minimum Gasteiger partial charge on any atom is -0.444 e. The van der Waals surface area contributed by atoms with Crippen LogP contribution in [0.3, 0.4) is 0 Å². The zero-order valence-electron chi connectivity index (χ0n) is 22.8. The lowest BCUT2D eigenvalue weighted by Gasteiger charge is -2.28. The van der Waals surface area contributed by atoms with E-state index in [9.17, 15) is 9.59 Å². The number of carbonyl (C=O) groups excluding carboxylic acids is 2. The highest BCUT2D eigenvalue weighted by Gasteiger charge is 2.16. The fraction of sp³-hybridized carbons (Fsp3) is 0.414. The van der Waals surface area contributed by atoms with E-state index >= 15 is 0 Å². The van der Waals surface area contributed by atoms with E-state index in [0.717, 1.165) is 17.4 Å². The number of aromatic nitrogens is 1. The summed E-state index contributed by atoms with van der Waals surface area (Å²) in [5.74, 6) is -0.254. The number of nitrogens with zero attached hydrogens (tertiary/aromatic N) is 2. The minimum absolute atomic E-state index is 0.254. The van der Waals surface area contributed by atoms with Crippen LogP contribution in [-0.2, 0) is 4.74 Å². The number of nitrogens with one attached hydrogen (secondary N) is 2. The van der Waals surface area contributed by atoms with Crippen LogP contribution < -0.4 is 10.6 Å². The number of amides is 2. The van der Waals surface area contributed by atoms with E-state index in [-0.39, 0.29) is 5.91 Å². The molecule has 36 heavy (non-hydrogen) atoms. The molecule has 0 aliphatic rings. The predicted octanol–water partition coefficient (Wildman–Crippen LogP) is 6.96. The summed E-state index contributed by atoms with van der Waals surface area (Å²) in [5, 5.41) is 6.41. The Kier molecular flexibility index (Phi) is 10.4. The van der Waals surface area contributed by atoms with Gasteiger partial charge in [0.1, 0.15) is 5.60 Å². The molecular weight excluding hydrogens is 452 g/mol. The molecule has 0 radical (unpaired) electrons. The van der Waals surface area contributed by atoms with Crippen molar-refractivity contribution in [1.82, 2.24) is 9.88 Å². The summed E-state index contributed by atoms with van der Waals surface area (Å²) in [6.07, 6.45) is 1.08. The van der Waals surface area contributed by atoms with Crippen molar-refractivity contribution in [3.05, 3.63) is 66.4 Å². The van der Waals surface area contributed by atoms with Crippen molar-refractivity contribution in [2.45, 2.75) is 73.1 Å². The summed E-state index contributed by atoms with van der Waals surface area (Å²) in [5.41, 5.74) is 1.94. The van der Waals surface area contributed by atoms with E-state index in [2.05, 4.69) is 55.1 Å². The first kappa shape index (κ1) is 28.8. The average molecular weight is 493 g/mol. The Hall–Kier alpha value is -3.45. The Labute approximate surface area is 215 Å². The highest BCUT2D eigenvalue weighted by atomic mass is 16.6. The number of hydrogen-bond donors (Lipinski definition) is 2. The molecule has 7 nitrogen and oxygen atoms in total. The predicted molar refractivity (Wildman–Crippen MR) is 149 cm³/mol. The third-order valence-electron chi connectivity index (χ3n) is 5.33.